The number of benzene rings is 2. The number of methoxy groups -OCH3 is 1. The molecule has 0 aliphatic carbocycles. The molecule has 0 radical (unpaired) electrons. The third-order valence-corrected chi connectivity index (χ3v) is 5.32. The number of carbonyl (C=O) groups excluding carboxylic acids is 1. The van der Waals surface area contributed by atoms with Gasteiger partial charge in [0.15, 0.2) is 5.75 Å². The van der Waals surface area contributed by atoms with Gasteiger partial charge in [0.2, 0.25) is 15.6 Å². The van der Waals surface area contributed by atoms with Crippen molar-refractivity contribution in [1.82, 2.24) is 4.57 Å². The Hall–Kier alpha value is -3.59. The number of carbonyl (C=O) groups is 1. The van der Waals surface area contributed by atoms with Crippen molar-refractivity contribution in [3.8, 4) is 22.6 Å². The predicted molar refractivity (Wildman–Crippen MR) is 113 cm³/mol. The summed E-state index contributed by atoms with van der Waals surface area (Å²) >= 11 is 0. The van der Waals surface area contributed by atoms with Crippen LogP contribution in [0.5, 0.6) is 11.5 Å². The zero-order valence-electron chi connectivity index (χ0n) is 16.4. The van der Waals surface area contributed by atoms with Crippen LogP contribution in [0.4, 0.5) is 5.69 Å². The number of anilines is 1. The van der Waals surface area contributed by atoms with Crippen molar-refractivity contribution >= 4 is 21.7 Å². The molecule has 1 heterocycles. The van der Waals surface area contributed by atoms with Gasteiger partial charge in [-0.2, -0.15) is 0 Å². The average Bonchev–Trinajstić information content (AvgIpc) is 2.71. The summed E-state index contributed by atoms with van der Waals surface area (Å²) in [5, 5.41) is 0. The molecule has 0 aliphatic rings. The van der Waals surface area contributed by atoms with Crippen LogP contribution in [0.15, 0.2) is 71.7 Å². The molecule has 3 rings (SSSR count). The van der Waals surface area contributed by atoms with Gasteiger partial charge in [0, 0.05) is 36.1 Å². The Morgan fingerprint density at radius 3 is 2.47 bits per heavy atom. The number of nitrogens with one attached hydrogen (secondary N) is 1. The summed E-state index contributed by atoms with van der Waals surface area (Å²) < 4.78 is 38.6. The van der Waals surface area contributed by atoms with Gasteiger partial charge >= 0.3 is 5.97 Å². The lowest BCUT2D eigenvalue weighted by molar-refractivity contribution is -0.137. The summed E-state index contributed by atoms with van der Waals surface area (Å²) in [6.45, 7) is 0. The van der Waals surface area contributed by atoms with E-state index in [1.165, 1.54) is 16.7 Å². The molecule has 9 heteroatoms. The first-order valence-corrected chi connectivity index (χ1v) is 10.5. The Labute approximate surface area is 173 Å². The summed E-state index contributed by atoms with van der Waals surface area (Å²) in [5.74, 6) is -0.607. The van der Waals surface area contributed by atoms with E-state index in [-0.39, 0.29) is 11.2 Å². The van der Waals surface area contributed by atoms with Crippen molar-refractivity contribution in [2.45, 2.75) is 0 Å². The molecule has 0 saturated carbocycles. The van der Waals surface area contributed by atoms with E-state index in [4.69, 9.17) is 4.74 Å². The highest BCUT2D eigenvalue weighted by Crippen LogP contribution is 2.35. The van der Waals surface area contributed by atoms with Gasteiger partial charge in [0.1, 0.15) is 11.5 Å². The number of sulfonamides is 1. The SMILES string of the molecule is COC(=O)CS(=O)(=O)Nc1ccc(Oc2ccccc2)c(-c2ccc(=O)n(C)c2)c1. The molecule has 0 aliphatic heterocycles. The molecule has 156 valence electrons. The van der Waals surface area contributed by atoms with Crippen molar-refractivity contribution in [3.05, 3.63) is 77.2 Å². The fraction of sp³-hybridized carbons (Fsp3) is 0.143. The molecule has 1 N–H and O–H groups in total. The smallest absolute Gasteiger partial charge is 0.322 e. The summed E-state index contributed by atoms with van der Waals surface area (Å²) in [6.07, 6.45) is 1.63. The van der Waals surface area contributed by atoms with E-state index in [2.05, 4.69) is 9.46 Å². The van der Waals surface area contributed by atoms with Crippen molar-refractivity contribution in [2.75, 3.05) is 17.6 Å². The maximum atomic E-state index is 12.2. The maximum Gasteiger partial charge on any atom is 0.322 e. The van der Waals surface area contributed by atoms with E-state index in [9.17, 15) is 18.0 Å². The van der Waals surface area contributed by atoms with E-state index < -0.39 is 21.7 Å². The summed E-state index contributed by atoms with van der Waals surface area (Å²) in [4.78, 5) is 23.1. The maximum absolute atomic E-state index is 12.2. The second-order valence-electron chi connectivity index (χ2n) is 6.43. The Balaban J connectivity index is 2.02. The number of hydrogen-bond acceptors (Lipinski definition) is 6. The number of aromatic nitrogens is 1. The molecule has 0 spiro atoms. The number of esters is 1. The van der Waals surface area contributed by atoms with Gasteiger partial charge in [-0.25, -0.2) is 8.42 Å². The van der Waals surface area contributed by atoms with Crippen LogP contribution in [0.2, 0.25) is 0 Å². The molecule has 0 fully saturated rings. The molecule has 2 aromatic carbocycles. The molecule has 1 aromatic heterocycles. The zero-order chi connectivity index (χ0) is 21.7. The van der Waals surface area contributed by atoms with Crippen molar-refractivity contribution in [2.24, 2.45) is 7.05 Å². The predicted octanol–water partition coefficient (Wildman–Crippen LogP) is 2.76. The standard InChI is InChI=1S/C21H20N2O6S/c1-23-13-15(8-11-20(23)24)18-12-16(22-30(26,27)14-21(25)28-2)9-10-19(18)29-17-6-4-3-5-7-17/h3-13,22H,14H2,1-2H3. The highest BCUT2D eigenvalue weighted by molar-refractivity contribution is 7.93. The molecular weight excluding hydrogens is 408 g/mol. The lowest BCUT2D eigenvalue weighted by atomic mass is 10.1. The quantitative estimate of drug-likeness (QED) is 0.581. The number of nitrogens with zero attached hydrogens (tertiary/aromatic N) is 1. The molecule has 0 bridgehead atoms. The molecule has 3 aromatic rings. The number of para-hydroxylation sites is 1. The van der Waals surface area contributed by atoms with Crippen molar-refractivity contribution in [1.29, 1.82) is 0 Å². The van der Waals surface area contributed by atoms with Gasteiger partial charge in [0.25, 0.3) is 0 Å². The summed E-state index contributed by atoms with van der Waals surface area (Å²) in [6, 6.07) is 16.9. The second kappa shape index (κ2) is 8.83. The van der Waals surface area contributed by atoms with Gasteiger partial charge in [-0.15, -0.1) is 0 Å². The van der Waals surface area contributed by atoms with Crippen molar-refractivity contribution in [3.63, 3.8) is 0 Å². The highest BCUT2D eigenvalue weighted by atomic mass is 32.2. The Kier molecular flexibility index (Phi) is 6.22. The van der Waals surface area contributed by atoms with E-state index in [0.29, 0.717) is 22.6 Å². The number of hydrogen-bond donors (Lipinski definition) is 1. The first-order chi connectivity index (χ1) is 14.3. The Bertz CT molecular complexity index is 1220. The number of rotatable bonds is 7. The second-order valence-corrected chi connectivity index (χ2v) is 8.15. The molecule has 0 unspecified atom stereocenters. The topological polar surface area (TPSA) is 104 Å². The molecular formula is C21H20N2O6S. The van der Waals surface area contributed by atoms with Crippen LogP contribution < -0.4 is 15.0 Å². The van der Waals surface area contributed by atoms with E-state index in [1.807, 2.05) is 18.2 Å². The average molecular weight is 428 g/mol. The number of pyridine rings is 1. The van der Waals surface area contributed by atoms with Crippen LogP contribution in [0.25, 0.3) is 11.1 Å². The molecule has 0 saturated heterocycles. The van der Waals surface area contributed by atoms with E-state index in [1.54, 1.807) is 43.6 Å². The minimum atomic E-state index is -3.95. The normalized spacial score (nSPS) is 11.0. The lowest BCUT2D eigenvalue weighted by Gasteiger charge is -2.15. The zero-order valence-corrected chi connectivity index (χ0v) is 17.2. The third kappa shape index (κ3) is 5.26. The van der Waals surface area contributed by atoms with Gasteiger partial charge in [-0.1, -0.05) is 18.2 Å². The fourth-order valence-electron chi connectivity index (χ4n) is 2.71. The molecule has 8 nitrogen and oxygen atoms in total. The monoisotopic (exact) mass is 428 g/mol. The van der Waals surface area contributed by atoms with Gasteiger partial charge in [-0.05, 0) is 36.4 Å². The minimum Gasteiger partial charge on any atom is -0.468 e. The van der Waals surface area contributed by atoms with Gasteiger partial charge in [-0.3, -0.25) is 14.3 Å². The first kappa shape index (κ1) is 21.1. The van der Waals surface area contributed by atoms with Gasteiger partial charge in [0.05, 0.1) is 7.11 Å². The Morgan fingerprint density at radius 1 is 1.07 bits per heavy atom. The van der Waals surface area contributed by atoms with Crippen LogP contribution in [0.3, 0.4) is 0 Å². The minimum absolute atomic E-state index is 0.181. The first-order valence-electron chi connectivity index (χ1n) is 8.89. The largest absolute Gasteiger partial charge is 0.468 e. The number of ether oxygens (including phenoxy) is 2. The van der Waals surface area contributed by atoms with Crippen LogP contribution in [0, 0.1) is 0 Å². The van der Waals surface area contributed by atoms with Crippen molar-refractivity contribution < 1.29 is 22.7 Å². The molecule has 0 amide bonds. The van der Waals surface area contributed by atoms with Crippen LogP contribution in [-0.2, 0) is 26.6 Å². The highest BCUT2D eigenvalue weighted by Gasteiger charge is 2.18. The summed E-state index contributed by atoms with van der Waals surface area (Å²) in [7, 11) is -1.22. The molecule has 0 atom stereocenters. The molecule has 30 heavy (non-hydrogen) atoms. The van der Waals surface area contributed by atoms with E-state index >= 15 is 0 Å². The fourth-order valence-corrected chi connectivity index (χ4v) is 3.69. The number of aryl methyl sites for hydroxylation is 1. The summed E-state index contributed by atoms with van der Waals surface area (Å²) in [5.41, 5.74) is 1.27. The van der Waals surface area contributed by atoms with Gasteiger partial charge < -0.3 is 14.0 Å². The van der Waals surface area contributed by atoms with Crippen LogP contribution in [-0.4, -0.2) is 31.8 Å². The Morgan fingerprint density at radius 2 is 1.80 bits per heavy atom. The lowest BCUT2D eigenvalue weighted by Crippen LogP contribution is -2.23. The van der Waals surface area contributed by atoms with E-state index in [0.717, 1.165) is 7.11 Å². The van der Waals surface area contributed by atoms with Crippen LogP contribution >= 0.6 is 0 Å². The third-order valence-electron chi connectivity index (χ3n) is 4.16. The van der Waals surface area contributed by atoms with Crippen LogP contribution in [0.1, 0.15) is 0 Å².